The van der Waals surface area contributed by atoms with E-state index in [4.69, 9.17) is 4.74 Å². The number of aryl methyl sites for hydroxylation is 1. The van der Waals surface area contributed by atoms with E-state index < -0.39 is 23.7 Å². The van der Waals surface area contributed by atoms with E-state index in [1.165, 1.54) is 7.11 Å². The number of carbonyl (C=O) groups is 2. The molecule has 2 aromatic rings. The number of hydrogen-bond acceptors (Lipinski definition) is 4. The number of rotatable bonds is 2. The third-order valence-electron chi connectivity index (χ3n) is 3.85. The van der Waals surface area contributed by atoms with Gasteiger partial charge in [-0.25, -0.2) is 0 Å². The van der Waals surface area contributed by atoms with Gasteiger partial charge in [0.05, 0.1) is 7.11 Å². The molecule has 6 nitrogen and oxygen atoms in total. The highest BCUT2D eigenvalue weighted by Crippen LogP contribution is 2.42. The van der Waals surface area contributed by atoms with Crippen molar-refractivity contribution in [2.45, 2.75) is 12.8 Å². The van der Waals surface area contributed by atoms with Crippen molar-refractivity contribution in [2.75, 3.05) is 12.4 Å². The minimum Gasteiger partial charge on any atom is -0.468 e. The highest BCUT2D eigenvalue weighted by atomic mass is 79.9. The van der Waals surface area contributed by atoms with E-state index in [1.54, 1.807) is 0 Å². The molecule has 2 unspecified atom stereocenters. The Bertz CT molecular complexity index is 739. The second-order valence-corrected chi connectivity index (χ2v) is 6.05. The number of halogens is 1. The summed E-state index contributed by atoms with van der Waals surface area (Å²) in [4.78, 5) is 24.5. The van der Waals surface area contributed by atoms with Gasteiger partial charge < -0.3 is 10.1 Å². The number of nitrogens with one attached hydrogen (secondary N) is 2. The molecule has 2 heterocycles. The van der Waals surface area contributed by atoms with Crippen LogP contribution in [-0.2, 0) is 14.3 Å². The lowest BCUT2D eigenvalue weighted by Gasteiger charge is -2.29. The number of carbonyl (C=O) groups excluding carboxylic acids is 2. The molecule has 1 aromatic heterocycles. The van der Waals surface area contributed by atoms with Gasteiger partial charge in [0.2, 0.25) is 5.91 Å². The summed E-state index contributed by atoms with van der Waals surface area (Å²) in [5.41, 5.74) is 2.49. The molecule has 0 spiro atoms. The van der Waals surface area contributed by atoms with Crippen LogP contribution in [0.25, 0.3) is 0 Å². The quantitative estimate of drug-likeness (QED) is 0.633. The zero-order valence-electron chi connectivity index (χ0n) is 12.0. The van der Waals surface area contributed by atoms with Crippen LogP contribution in [0.1, 0.15) is 22.7 Å². The number of H-pyrrole nitrogens is 1. The second kappa shape index (κ2) is 5.57. The Labute approximate surface area is 135 Å². The van der Waals surface area contributed by atoms with Gasteiger partial charge in [-0.2, -0.15) is 5.10 Å². The van der Waals surface area contributed by atoms with Crippen molar-refractivity contribution >= 4 is 33.6 Å². The number of aromatic nitrogens is 2. The number of aromatic amines is 1. The highest BCUT2D eigenvalue weighted by molar-refractivity contribution is 9.10. The van der Waals surface area contributed by atoms with Crippen LogP contribution in [0.4, 0.5) is 5.82 Å². The predicted molar refractivity (Wildman–Crippen MR) is 83.4 cm³/mol. The Kier molecular flexibility index (Phi) is 3.74. The van der Waals surface area contributed by atoms with Gasteiger partial charge in [0, 0.05) is 21.6 Å². The summed E-state index contributed by atoms with van der Waals surface area (Å²) in [6.45, 7) is 1.86. The van der Waals surface area contributed by atoms with Gasteiger partial charge in [-0.15, -0.1) is 0 Å². The summed E-state index contributed by atoms with van der Waals surface area (Å²) in [7, 11) is 1.28. The molecule has 1 aliphatic rings. The molecule has 7 heteroatoms. The van der Waals surface area contributed by atoms with Crippen LogP contribution in [0.2, 0.25) is 0 Å². The van der Waals surface area contributed by atoms with Gasteiger partial charge in [0.1, 0.15) is 5.92 Å². The van der Waals surface area contributed by atoms with Crippen LogP contribution in [0.15, 0.2) is 28.7 Å². The molecule has 0 aliphatic carbocycles. The molecule has 0 saturated carbocycles. The summed E-state index contributed by atoms with van der Waals surface area (Å²) in [6, 6.07) is 7.54. The lowest BCUT2D eigenvalue weighted by molar-refractivity contribution is -0.149. The molecule has 3 rings (SSSR count). The third-order valence-corrected chi connectivity index (χ3v) is 4.38. The van der Waals surface area contributed by atoms with Crippen LogP contribution in [0.3, 0.4) is 0 Å². The van der Waals surface area contributed by atoms with Crippen LogP contribution in [0, 0.1) is 12.8 Å². The predicted octanol–water partition coefficient (Wildman–Crippen LogP) is 2.35. The lowest BCUT2D eigenvalue weighted by atomic mass is 9.78. The van der Waals surface area contributed by atoms with Gasteiger partial charge in [0.25, 0.3) is 0 Å². The summed E-state index contributed by atoms with van der Waals surface area (Å²) in [5, 5.41) is 9.63. The van der Waals surface area contributed by atoms with Crippen molar-refractivity contribution < 1.29 is 14.3 Å². The average Bonchev–Trinajstić information content (AvgIpc) is 2.87. The summed E-state index contributed by atoms with van der Waals surface area (Å²) in [6.07, 6.45) is 0. The molecular weight excluding hydrogens is 350 g/mol. The van der Waals surface area contributed by atoms with E-state index in [0.29, 0.717) is 5.82 Å². The second-order valence-electron chi connectivity index (χ2n) is 5.13. The Morgan fingerprint density at radius 2 is 2.00 bits per heavy atom. The molecule has 0 fully saturated rings. The first-order valence-corrected chi connectivity index (χ1v) is 7.51. The zero-order valence-corrected chi connectivity index (χ0v) is 13.6. The first-order chi connectivity index (χ1) is 10.5. The average molecular weight is 364 g/mol. The molecule has 1 amide bonds. The van der Waals surface area contributed by atoms with Crippen molar-refractivity contribution in [3.63, 3.8) is 0 Å². The molecule has 0 saturated heterocycles. The topological polar surface area (TPSA) is 84.1 Å². The normalized spacial score (nSPS) is 20.2. The van der Waals surface area contributed by atoms with Gasteiger partial charge in [-0.1, -0.05) is 28.1 Å². The monoisotopic (exact) mass is 363 g/mol. The van der Waals surface area contributed by atoms with E-state index in [2.05, 4.69) is 31.4 Å². The maximum atomic E-state index is 12.3. The number of methoxy groups -OCH3 is 1. The van der Waals surface area contributed by atoms with Gasteiger partial charge in [-0.3, -0.25) is 14.7 Å². The largest absolute Gasteiger partial charge is 0.468 e. The number of amides is 1. The van der Waals surface area contributed by atoms with Crippen molar-refractivity contribution in [2.24, 2.45) is 5.92 Å². The van der Waals surface area contributed by atoms with Gasteiger partial charge >= 0.3 is 5.97 Å². The van der Waals surface area contributed by atoms with Crippen LogP contribution in [0.5, 0.6) is 0 Å². The first kappa shape index (κ1) is 14.8. The van der Waals surface area contributed by atoms with Crippen molar-refractivity contribution in [3.05, 3.63) is 45.6 Å². The standard InChI is InChI=1S/C15H14BrN3O3/c1-7-10-11(8-3-5-9(16)6-4-8)12(15(21)22-2)14(20)17-13(10)19-18-7/h3-6,11-12H,1-2H3,(H2,17,18,19,20). The van der Waals surface area contributed by atoms with E-state index in [9.17, 15) is 9.59 Å². The summed E-state index contributed by atoms with van der Waals surface area (Å²) < 4.78 is 5.75. The number of nitrogens with zero attached hydrogens (tertiary/aromatic N) is 1. The maximum Gasteiger partial charge on any atom is 0.319 e. The number of benzene rings is 1. The van der Waals surface area contributed by atoms with Gasteiger partial charge in [0.15, 0.2) is 5.82 Å². The number of esters is 1. The molecule has 114 valence electrons. The molecule has 1 aromatic carbocycles. The zero-order chi connectivity index (χ0) is 15.9. The Morgan fingerprint density at radius 3 is 2.64 bits per heavy atom. The number of ether oxygens (including phenoxy) is 1. The molecule has 0 radical (unpaired) electrons. The fraction of sp³-hybridized carbons (Fsp3) is 0.267. The van der Waals surface area contributed by atoms with Crippen LogP contribution >= 0.6 is 15.9 Å². The van der Waals surface area contributed by atoms with Crippen molar-refractivity contribution in [3.8, 4) is 0 Å². The molecular formula is C15H14BrN3O3. The van der Waals surface area contributed by atoms with E-state index in [0.717, 1.165) is 21.3 Å². The lowest BCUT2D eigenvalue weighted by Crippen LogP contribution is -2.39. The number of fused-ring (bicyclic) bond motifs is 1. The molecule has 1 aliphatic heterocycles. The van der Waals surface area contributed by atoms with E-state index in [-0.39, 0.29) is 0 Å². The first-order valence-electron chi connectivity index (χ1n) is 6.72. The molecule has 2 N–H and O–H groups in total. The van der Waals surface area contributed by atoms with E-state index >= 15 is 0 Å². The minimum atomic E-state index is -0.935. The smallest absolute Gasteiger partial charge is 0.319 e. The van der Waals surface area contributed by atoms with Crippen molar-refractivity contribution in [1.82, 2.24) is 10.2 Å². The van der Waals surface area contributed by atoms with Crippen LogP contribution in [-0.4, -0.2) is 29.2 Å². The van der Waals surface area contributed by atoms with Gasteiger partial charge in [-0.05, 0) is 24.6 Å². The third kappa shape index (κ3) is 2.31. The molecule has 22 heavy (non-hydrogen) atoms. The number of anilines is 1. The number of hydrogen-bond donors (Lipinski definition) is 2. The summed E-state index contributed by atoms with van der Waals surface area (Å²) in [5.74, 6) is -1.86. The Morgan fingerprint density at radius 1 is 1.32 bits per heavy atom. The maximum absolute atomic E-state index is 12.3. The highest BCUT2D eigenvalue weighted by Gasteiger charge is 2.44. The fourth-order valence-corrected chi connectivity index (χ4v) is 3.09. The van der Waals surface area contributed by atoms with Crippen LogP contribution < -0.4 is 5.32 Å². The Balaban J connectivity index is 2.18. The Hall–Kier alpha value is -2.15. The van der Waals surface area contributed by atoms with Crippen molar-refractivity contribution in [1.29, 1.82) is 0 Å². The van der Waals surface area contributed by atoms with E-state index in [1.807, 2.05) is 31.2 Å². The fourth-order valence-electron chi connectivity index (χ4n) is 2.83. The SMILES string of the molecule is COC(=O)C1C(=O)Nc2n[nH]c(C)c2C1c1ccc(Br)cc1. The molecule has 0 bridgehead atoms. The summed E-state index contributed by atoms with van der Waals surface area (Å²) >= 11 is 3.39. The molecule has 2 atom stereocenters. The minimum absolute atomic E-state index is 0.404.